The topological polar surface area (TPSA) is 84.0 Å². The third-order valence-electron chi connectivity index (χ3n) is 6.69. The summed E-state index contributed by atoms with van der Waals surface area (Å²) in [6, 6.07) is 11.4. The lowest BCUT2D eigenvalue weighted by Gasteiger charge is -2.39. The SMILES string of the molecule is O=C(Nc1ccc(OC2CCN(C(=O)[C@@H]3CCCO3)CC2)cc1)N1CC(c2cccnc2)C1. The Hall–Kier alpha value is -3.13. The van der Waals surface area contributed by atoms with Crippen LogP contribution >= 0.6 is 0 Å². The molecule has 3 aliphatic heterocycles. The molecular weight excluding hydrogens is 420 g/mol. The maximum atomic E-state index is 12.5. The van der Waals surface area contributed by atoms with Crippen LogP contribution in [0.25, 0.3) is 0 Å². The van der Waals surface area contributed by atoms with Crippen molar-refractivity contribution in [3.63, 3.8) is 0 Å². The molecule has 2 aromatic rings. The van der Waals surface area contributed by atoms with E-state index in [0.29, 0.717) is 38.7 Å². The van der Waals surface area contributed by atoms with Crippen LogP contribution in [0.2, 0.25) is 0 Å². The molecule has 1 N–H and O–H groups in total. The van der Waals surface area contributed by atoms with Gasteiger partial charge in [-0.15, -0.1) is 0 Å². The highest BCUT2D eigenvalue weighted by atomic mass is 16.5. The zero-order valence-corrected chi connectivity index (χ0v) is 18.7. The molecular formula is C25H30N4O4. The zero-order valence-electron chi connectivity index (χ0n) is 18.7. The number of carbonyl (C=O) groups excluding carboxylic acids is 2. The normalized spacial score (nSPS) is 21.5. The molecule has 3 fully saturated rings. The highest BCUT2D eigenvalue weighted by molar-refractivity contribution is 5.90. The van der Waals surface area contributed by atoms with Crippen LogP contribution < -0.4 is 10.1 Å². The minimum atomic E-state index is -0.247. The number of aromatic nitrogens is 1. The van der Waals surface area contributed by atoms with E-state index >= 15 is 0 Å². The molecule has 8 nitrogen and oxygen atoms in total. The number of rotatable bonds is 5. The molecule has 5 rings (SSSR count). The lowest BCUT2D eigenvalue weighted by Crippen LogP contribution is -2.50. The number of amides is 3. The number of likely N-dealkylation sites (tertiary alicyclic amines) is 2. The lowest BCUT2D eigenvalue weighted by molar-refractivity contribution is -0.142. The van der Waals surface area contributed by atoms with Gasteiger partial charge < -0.3 is 24.6 Å². The van der Waals surface area contributed by atoms with E-state index in [1.54, 1.807) is 11.1 Å². The Bertz CT molecular complexity index is 948. The maximum Gasteiger partial charge on any atom is 0.321 e. The van der Waals surface area contributed by atoms with Crippen molar-refractivity contribution in [2.45, 2.75) is 43.8 Å². The van der Waals surface area contributed by atoms with Gasteiger partial charge >= 0.3 is 6.03 Å². The van der Waals surface area contributed by atoms with E-state index in [4.69, 9.17) is 9.47 Å². The number of urea groups is 1. The van der Waals surface area contributed by atoms with Crippen LogP contribution in [0.5, 0.6) is 5.75 Å². The smallest absolute Gasteiger partial charge is 0.321 e. The number of nitrogens with zero attached hydrogens (tertiary/aromatic N) is 3. The lowest BCUT2D eigenvalue weighted by atomic mass is 9.93. The predicted molar refractivity (Wildman–Crippen MR) is 123 cm³/mol. The first-order chi connectivity index (χ1) is 16.2. The van der Waals surface area contributed by atoms with E-state index in [-0.39, 0.29) is 24.1 Å². The summed E-state index contributed by atoms with van der Waals surface area (Å²) in [5, 5.41) is 2.95. The standard InChI is InChI=1S/C25H30N4O4/c30-24(23-4-2-14-32-23)28-12-9-22(10-13-28)33-21-7-5-20(6-8-21)27-25(31)29-16-19(17-29)18-3-1-11-26-15-18/h1,3,5-8,11,15,19,22-23H,2,4,9-10,12-14,16-17H2,(H,27,31)/t23-/m0/s1. The van der Waals surface area contributed by atoms with Crippen LogP contribution in [-0.2, 0) is 9.53 Å². The molecule has 3 saturated heterocycles. The van der Waals surface area contributed by atoms with E-state index in [2.05, 4.69) is 16.4 Å². The Labute approximate surface area is 193 Å². The molecule has 174 valence electrons. The van der Waals surface area contributed by atoms with Crippen LogP contribution in [0.15, 0.2) is 48.8 Å². The molecule has 1 aromatic carbocycles. The second-order valence-electron chi connectivity index (χ2n) is 8.99. The molecule has 0 aliphatic carbocycles. The first-order valence-corrected chi connectivity index (χ1v) is 11.8. The van der Waals surface area contributed by atoms with Crippen molar-refractivity contribution in [2.75, 3.05) is 38.1 Å². The van der Waals surface area contributed by atoms with Gasteiger partial charge in [-0.2, -0.15) is 0 Å². The van der Waals surface area contributed by atoms with Gasteiger partial charge in [0.1, 0.15) is 18.0 Å². The summed E-state index contributed by atoms with van der Waals surface area (Å²) in [7, 11) is 0. The minimum Gasteiger partial charge on any atom is -0.490 e. The van der Waals surface area contributed by atoms with Crippen molar-refractivity contribution >= 4 is 17.6 Å². The fraction of sp³-hybridized carbons (Fsp3) is 0.480. The highest BCUT2D eigenvalue weighted by Crippen LogP contribution is 2.27. The number of pyridine rings is 1. The van der Waals surface area contributed by atoms with Crippen LogP contribution in [0.4, 0.5) is 10.5 Å². The molecule has 4 heterocycles. The van der Waals surface area contributed by atoms with Crippen molar-refractivity contribution in [2.24, 2.45) is 0 Å². The average molecular weight is 451 g/mol. The minimum absolute atomic E-state index is 0.0875. The van der Waals surface area contributed by atoms with Crippen molar-refractivity contribution < 1.29 is 19.1 Å². The number of carbonyl (C=O) groups is 2. The average Bonchev–Trinajstić information content (AvgIpc) is 3.35. The molecule has 1 aromatic heterocycles. The second-order valence-corrected chi connectivity index (χ2v) is 8.99. The van der Waals surface area contributed by atoms with Crippen LogP contribution in [-0.4, -0.2) is 71.7 Å². The van der Waals surface area contributed by atoms with Crippen LogP contribution in [0, 0.1) is 0 Å². The molecule has 8 heteroatoms. The van der Waals surface area contributed by atoms with Crippen molar-refractivity contribution in [1.29, 1.82) is 0 Å². The van der Waals surface area contributed by atoms with Gasteiger partial charge in [-0.25, -0.2) is 4.79 Å². The van der Waals surface area contributed by atoms with Crippen molar-refractivity contribution in [3.05, 3.63) is 54.4 Å². The summed E-state index contributed by atoms with van der Waals surface area (Å²) < 4.78 is 11.6. The maximum absolute atomic E-state index is 12.5. The van der Waals surface area contributed by atoms with E-state index in [9.17, 15) is 9.59 Å². The van der Waals surface area contributed by atoms with E-state index in [1.807, 2.05) is 41.4 Å². The van der Waals surface area contributed by atoms with Crippen molar-refractivity contribution in [1.82, 2.24) is 14.8 Å². The summed E-state index contributed by atoms with van der Waals surface area (Å²) in [6.07, 6.45) is 6.89. The van der Waals surface area contributed by atoms with E-state index in [1.165, 1.54) is 5.56 Å². The Kier molecular flexibility index (Phi) is 6.44. The molecule has 1 atom stereocenters. The summed E-state index contributed by atoms with van der Waals surface area (Å²) in [6.45, 7) is 3.50. The number of piperidine rings is 1. The first kappa shape index (κ1) is 21.7. The first-order valence-electron chi connectivity index (χ1n) is 11.8. The summed E-state index contributed by atoms with van der Waals surface area (Å²) >= 11 is 0. The van der Waals surface area contributed by atoms with Gasteiger partial charge in [0, 0.05) is 69.6 Å². The second kappa shape index (κ2) is 9.79. The van der Waals surface area contributed by atoms with Gasteiger partial charge in [0.15, 0.2) is 0 Å². The molecule has 0 bridgehead atoms. The molecule has 33 heavy (non-hydrogen) atoms. The Morgan fingerprint density at radius 2 is 1.82 bits per heavy atom. The predicted octanol–water partition coefficient (Wildman–Crippen LogP) is 3.26. The molecule has 3 aliphatic rings. The van der Waals surface area contributed by atoms with Gasteiger partial charge in [-0.3, -0.25) is 9.78 Å². The van der Waals surface area contributed by atoms with Gasteiger partial charge in [0.25, 0.3) is 5.91 Å². The fourth-order valence-electron chi connectivity index (χ4n) is 4.65. The summed E-state index contributed by atoms with van der Waals surface area (Å²) in [5.74, 6) is 1.25. The quantitative estimate of drug-likeness (QED) is 0.756. The molecule has 0 saturated carbocycles. The van der Waals surface area contributed by atoms with E-state index in [0.717, 1.165) is 37.1 Å². The number of anilines is 1. The van der Waals surface area contributed by atoms with Crippen LogP contribution in [0.1, 0.15) is 37.2 Å². The number of benzene rings is 1. The van der Waals surface area contributed by atoms with Gasteiger partial charge in [0.2, 0.25) is 0 Å². The number of ether oxygens (including phenoxy) is 2. The Balaban J connectivity index is 1.05. The zero-order chi connectivity index (χ0) is 22.6. The highest BCUT2D eigenvalue weighted by Gasteiger charge is 2.32. The molecule has 3 amide bonds. The molecule has 0 spiro atoms. The van der Waals surface area contributed by atoms with Crippen molar-refractivity contribution in [3.8, 4) is 5.75 Å². The Morgan fingerprint density at radius 3 is 2.48 bits per heavy atom. The van der Waals surface area contributed by atoms with E-state index < -0.39 is 0 Å². The van der Waals surface area contributed by atoms with Gasteiger partial charge in [0.05, 0.1) is 0 Å². The number of hydrogen-bond acceptors (Lipinski definition) is 5. The largest absolute Gasteiger partial charge is 0.490 e. The number of nitrogens with one attached hydrogen (secondary N) is 1. The third-order valence-corrected chi connectivity index (χ3v) is 6.69. The molecule has 0 unspecified atom stereocenters. The summed E-state index contributed by atoms with van der Waals surface area (Å²) in [4.78, 5) is 32.8. The van der Waals surface area contributed by atoms with Crippen LogP contribution in [0.3, 0.4) is 0 Å². The van der Waals surface area contributed by atoms with Gasteiger partial charge in [-0.05, 0) is 48.7 Å². The number of hydrogen-bond donors (Lipinski definition) is 1. The monoisotopic (exact) mass is 450 g/mol. The Morgan fingerprint density at radius 1 is 1.03 bits per heavy atom. The van der Waals surface area contributed by atoms with Gasteiger partial charge in [-0.1, -0.05) is 6.07 Å². The molecule has 0 radical (unpaired) electrons. The fourth-order valence-corrected chi connectivity index (χ4v) is 4.65. The third kappa shape index (κ3) is 5.11. The summed E-state index contributed by atoms with van der Waals surface area (Å²) in [5.41, 5.74) is 1.92.